The maximum absolute atomic E-state index is 12.5. The van der Waals surface area contributed by atoms with Gasteiger partial charge in [0, 0.05) is 18.5 Å². The van der Waals surface area contributed by atoms with Gasteiger partial charge >= 0.3 is 0 Å². The van der Waals surface area contributed by atoms with Crippen molar-refractivity contribution in [1.29, 1.82) is 0 Å². The van der Waals surface area contributed by atoms with E-state index < -0.39 is 0 Å². The number of halogens is 3. The Hall–Kier alpha value is -0.370. The summed E-state index contributed by atoms with van der Waals surface area (Å²) < 4.78 is 0.762. The van der Waals surface area contributed by atoms with Crippen LogP contribution in [0.3, 0.4) is 0 Å². The quantitative estimate of drug-likeness (QED) is 0.681. The number of nitrogens with one attached hydrogen (secondary N) is 1. The predicted molar refractivity (Wildman–Crippen MR) is 116 cm³/mol. The first-order valence-electron chi connectivity index (χ1n) is 8.34. The molecule has 1 aliphatic heterocycles. The molecule has 26 heavy (non-hydrogen) atoms. The van der Waals surface area contributed by atoms with E-state index in [-0.39, 0.29) is 30.7 Å². The molecule has 0 aromatic carbocycles. The molecule has 1 saturated heterocycles. The fourth-order valence-corrected chi connectivity index (χ4v) is 4.87. The molecule has 2 aromatic rings. The van der Waals surface area contributed by atoms with Gasteiger partial charge in [-0.3, -0.25) is 4.79 Å². The van der Waals surface area contributed by atoms with Crippen LogP contribution in [0.2, 0.25) is 4.34 Å². The molecule has 4 nitrogen and oxygen atoms in total. The smallest absolute Gasteiger partial charge is 0.228 e. The van der Waals surface area contributed by atoms with Crippen LogP contribution in [0.4, 0.5) is 0 Å². The summed E-state index contributed by atoms with van der Waals surface area (Å²) in [5.41, 5.74) is 0.860. The Morgan fingerprint density at radius 1 is 1.35 bits per heavy atom. The van der Waals surface area contributed by atoms with E-state index in [1.54, 1.807) is 11.3 Å². The average Bonchev–Trinajstić information content (AvgIpc) is 3.22. The molecule has 146 valence electrons. The van der Waals surface area contributed by atoms with E-state index in [2.05, 4.69) is 17.2 Å². The number of nitrogens with zero attached hydrogens (tertiary/aromatic N) is 2. The molecule has 9 heteroatoms. The second-order valence-corrected chi connectivity index (χ2v) is 8.63. The lowest BCUT2D eigenvalue weighted by atomic mass is 9.96. The molecule has 0 aliphatic carbocycles. The first-order valence-corrected chi connectivity index (χ1v) is 10.4. The fraction of sp³-hybridized carbons (Fsp3) is 0.529. The monoisotopic (exact) mass is 455 g/mol. The highest BCUT2D eigenvalue weighted by molar-refractivity contribution is 7.23. The van der Waals surface area contributed by atoms with Crippen LogP contribution in [0.15, 0.2) is 17.5 Å². The molecule has 3 rings (SSSR count). The van der Waals surface area contributed by atoms with Gasteiger partial charge in [0.05, 0.1) is 21.3 Å². The zero-order chi connectivity index (χ0) is 16.9. The van der Waals surface area contributed by atoms with Crippen LogP contribution in [0.5, 0.6) is 0 Å². The normalized spacial score (nSPS) is 14.6. The van der Waals surface area contributed by atoms with Crippen molar-refractivity contribution in [1.82, 2.24) is 15.2 Å². The number of thiazole rings is 1. The van der Waals surface area contributed by atoms with Crippen molar-refractivity contribution >= 4 is 65.0 Å². The number of piperidine rings is 1. The Labute approximate surface area is 180 Å². The van der Waals surface area contributed by atoms with Gasteiger partial charge in [-0.2, -0.15) is 0 Å². The molecule has 0 radical (unpaired) electrons. The summed E-state index contributed by atoms with van der Waals surface area (Å²) >= 11 is 9.07. The van der Waals surface area contributed by atoms with Crippen LogP contribution in [-0.4, -0.2) is 42.0 Å². The minimum atomic E-state index is 0. The van der Waals surface area contributed by atoms with E-state index in [1.807, 2.05) is 22.4 Å². The van der Waals surface area contributed by atoms with Gasteiger partial charge < -0.3 is 10.2 Å². The van der Waals surface area contributed by atoms with Crippen molar-refractivity contribution in [2.75, 3.05) is 26.2 Å². The maximum atomic E-state index is 12.5. The van der Waals surface area contributed by atoms with E-state index in [9.17, 15) is 4.79 Å². The summed E-state index contributed by atoms with van der Waals surface area (Å²) in [7, 11) is 0. The number of aromatic nitrogens is 1. The molecule has 1 aliphatic rings. The highest BCUT2D eigenvalue weighted by Gasteiger charge is 2.23. The third-order valence-electron chi connectivity index (χ3n) is 4.32. The molecule has 1 amide bonds. The minimum absolute atomic E-state index is 0. The van der Waals surface area contributed by atoms with Crippen LogP contribution < -0.4 is 5.32 Å². The number of carbonyl (C=O) groups is 1. The number of rotatable bonds is 6. The Kier molecular flexibility index (Phi) is 10.4. The lowest BCUT2D eigenvalue weighted by molar-refractivity contribution is -0.131. The average molecular weight is 457 g/mol. The minimum Gasteiger partial charge on any atom is -0.342 e. The molecule has 0 saturated carbocycles. The number of amides is 1. The summed E-state index contributed by atoms with van der Waals surface area (Å²) in [5, 5.41) is 6.33. The van der Waals surface area contributed by atoms with Gasteiger partial charge in [-0.05, 0) is 44.0 Å². The Morgan fingerprint density at radius 2 is 2.08 bits per heavy atom. The highest BCUT2D eigenvalue weighted by atomic mass is 35.5. The van der Waals surface area contributed by atoms with Crippen LogP contribution in [0.25, 0.3) is 9.88 Å². The number of hydrogen-bond donors (Lipinski definition) is 1. The summed E-state index contributed by atoms with van der Waals surface area (Å²) in [6.45, 7) is 5.95. The largest absolute Gasteiger partial charge is 0.342 e. The molecular formula is C17H24Cl3N3OS2. The van der Waals surface area contributed by atoms with Crippen LogP contribution in [0.1, 0.15) is 25.5 Å². The summed E-state index contributed by atoms with van der Waals surface area (Å²) in [4.78, 5) is 20.1. The highest BCUT2D eigenvalue weighted by Crippen LogP contribution is 2.33. The lowest BCUT2D eigenvalue weighted by Crippen LogP contribution is -2.41. The molecule has 2 aromatic heterocycles. The summed E-state index contributed by atoms with van der Waals surface area (Å²) in [6.07, 6.45) is 2.58. The van der Waals surface area contributed by atoms with E-state index in [0.29, 0.717) is 12.3 Å². The van der Waals surface area contributed by atoms with Gasteiger partial charge in [-0.25, -0.2) is 4.98 Å². The van der Waals surface area contributed by atoms with Crippen molar-refractivity contribution in [2.24, 2.45) is 5.92 Å². The van der Waals surface area contributed by atoms with Crippen LogP contribution in [-0.2, 0) is 11.2 Å². The fourth-order valence-electron chi connectivity index (χ4n) is 2.93. The second-order valence-electron chi connectivity index (χ2n) is 6.06. The maximum Gasteiger partial charge on any atom is 0.228 e. The van der Waals surface area contributed by atoms with Gasteiger partial charge in [-0.15, -0.1) is 47.5 Å². The molecule has 1 fully saturated rings. The van der Waals surface area contributed by atoms with Crippen LogP contribution in [0, 0.1) is 5.92 Å². The molecular weight excluding hydrogens is 433 g/mol. The SMILES string of the molecule is CCNCC1CCN(C(=O)Cc2csc(-c3ccc(Cl)s3)n2)CC1.Cl.Cl. The van der Waals surface area contributed by atoms with E-state index >= 15 is 0 Å². The zero-order valence-electron chi connectivity index (χ0n) is 14.6. The van der Waals surface area contributed by atoms with Gasteiger partial charge in [0.15, 0.2) is 0 Å². The van der Waals surface area contributed by atoms with Gasteiger partial charge in [0.1, 0.15) is 5.01 Å². The van der Waals surface area contributed by atoms with Crippen LogP contribution >= 0.6 is 59.1 Å². The Bertz CT molecular complexity index is 684. The molecule has 0 spiro atoms. The summed E-state index contributed by atoms with van der Waals surface area (Å²) in [5.74, 6) is 0.890. The van der Waals surface area contributed by atoms with E-state index in [1.165, 1.54) is 11.3 Å². The van der Waals surface area contributed by atoms with Gasteiger partial charge in [-0.1, -0.05) is 18.5 Å². The molecule has 0 atom stereocenters. The Balaban J connectivity index is 0.00000169. The van der Waals surface area contributed by atoms with Crippen molar-refractivity contribution in [2.45, 2.75) is 26.2 Å². The van der Waals surface area contributed by atoms with Crippen molar-refractivity contribution < 1.29 is 4.79 Å². The molecule has 0 unspecified atom stereocenters. The third-order valence-corrected chi connectivity index (χ3v) is 6.61. The van der Waals surface area contributed by atoms with Crippen molar-refractivity contribution in [3.05, 3.63) is 27.5 Å². The number of carbonyl (C=O) groups excluding carboxylic acids is 1. The topological polar surface area (TPSA) is 45.2 Å². The van der Waals surface area contributed by atoms with Gasteiger partial charge in [0.25, 0.3) is 0 Å². The Morgan fingerprint density at radius 3 is 2.69 bits per heavy atom. The van der Waals surface area contributed by atoms with Crippen molar-refractivity contribution in [3.63, 3.8) is 0 Å². The number of likely N-dealkylation sites (tertiary alicyclic amines) is 1. The first-order chi connectivity index (χ1) is 11.7. The molecule has 1 N–H and O–H groups in total. The van der Waals surface area contributed by atoms with Crippen molar-refractivity contribution in [3.8, 4) is 9.88 Å². The zero-order valence-corrected chi connectivity index (χ0v) is 18.6. The first kappa shape index (κ1) is 23.7. The van der Waals surface area contributed by atoms with E-state index in [0.717, 1.165) is 58.9 Å². The lowest BCUT2D eigenvalue weighted by Gasteiger charge is -2.32. The van der Waals surface area contributed by atoms with E-state index in [4.69, 9.17) is 11.6 Å². The summed E-state index contributed by atoms with van der Waals surface area (Å²) in [6, 6.07) is 3.86. The third kappa shape index (κ3) is 6.36. The molecule has 0 bridgehead atoms. The standard InChI is InChI=1S/C17H22ClN3OS2.2ClH/c1-2-19-10-12-5-7-21(8-6-12)16(22)9-13-11-23-17(20-13)14-3-4-15(18)24-14;;/h3-4,11-12,19H,2,5-10H2,1H3;2*1H. The van der Waals surface area contributed by atoms with Gasteiger partial charge in [0.2, 0.25) is 5.91 Å². The second kappa shape index (κ2) is 11.5. The number of thiophene rings is 1. The molecule has 3 heterocycles. The number of hydrogen-bond acceptors (Lipinski definition) is 5. The predicted octanol–water partition coefficient (Wildman–Crippen LogP) is 4.76.